The quantitative estimate of drug-likeness (QED) is 0.594. The van der Waals surface area contributed by atoms with E-state index in [1.54, 1.807) is 13.1 Å². The maximum Gasteiger partial charge on any atom is 0.272 e. The van der Waals surface area contributed by atoms with E-state index in [9.17, 15) is 9.59 Å². The van der Waals surface area contributed by atoms with Crippen molar-refractivity contribution in [3.63, 3.8) is 0 Å². The molecule has 0 saturated carbocycles. The molecule has 1 aliphatic rings. The van der Waals surface area contributed by atoms with Crippen LogP contribution in [0, 0.1) is 0 Å². The second kappa shape index (κ2) is 20.6. The first-order chi connectivity index (χ1) is 14.1. The molecule has 0 bridgehead atoms. The number of fused-ring (bicyclic) bond motifs is 1. The van der Waals surface area contributed by atoms with Crippen LogP contribution in [-0.2, 0) is 17.9 Å². The highest BCUT2D eigenvalue weighted by Crippen LogP contribution is 2.21. The summed E-state index contributed by atoms with van der Waals surface area (Å²) >= 11 is 3.41. The lowest BCUT2D eigenvalue weighted by Gasteiger charge is -2.25. The number of carbonyl (C=O) groups is 2. The lowest BCUT2D eigenvalue weighted by molar-refractivity contribution is -0.118. The zero-order chi connectivity index (χ0) is 24.3. The van der Waals surface area contributed by atoms with Gasteiger partial charge in [0.25, 0.3) is 5.91 Å². The Morgan fingerprint density at radius 2 is 1.70 bits per heavy atom. The van der Waals surface area contributed by atoms with E-state index in [2.05, 4.69) is 68.5 Å². The van der Waals surface area contributed by atoms with Crippen LogP contribution in [-0.4, -0.2) is 52.9 Å². The standard InChI is InChI=1S/C11H17BrN4O.C3H7NO.C3H8.C3H6.C2H6/c1-7(2)13-10(17)9-8-6-15(3)4-5-16(8)11(12)14-9;1-3(5)4-2;2*1-3-2;1-2/h7H,4-6H2,1-3H3,(H,13,17);1-2H3,(H,4,5);3H2,1-2H3;3H,1H2,2H3;1-2H3. The third-order valence-corrected chi connectivity index (χ3v) is 3.74. The molecule has 0 unspecified atom stereocenters. The van der Waals surface area contributed by atoms with Gasteiger partial charge in [-0.15, -0.1) is 6.58 Å². The Kier molecular flexibility index (Phi) is 22.6. The first-order valence-corrected chi connectivity index (χ1v) is 11.4. The molecule has 2 N–H and O–H groups in total. The number of nitrogens with zero attached hydrogens (tertiary/aromatic N) is 3. The van der Waals surface area contributed by atoms with E-state index in [0.29, 0.717) is 5.69 Å². The Balaban J connectivity index is -0.000000467. The van der Waals surface area contributed by atoms with Crippen molar-refractivity contribution in [1.29, 1.82) is 0 Å². The lowest BCUT2D eigenvalue weighted by atomic mass is 10.2. The van der Waals surface area contributed by atoms with E-state index in [1.807, 2.05) is 34.6 Å². The molecule has 0 radical (unpaired) electrons. The number of hydrogen-bond acceptors (Lipinski definition) is 4. The van der Waals surface area contributed by atoms with Gasteiger partial charge in [0, 0.05) is 39.6 Å². The molecule has 0 spiro atoms. The van der Waals surface area contributed by atoms with Crippen molar-refractivity contribution in [1.82, 2.24) is 25.1 Å². The van der Waals surface area contributed by atoms with Gasteiger partial charge in [-0.2, -0.15) is 0 Å². The zero-order valence-corrected chi connectivity index (χ0v) is 22.3. The van der Waals surface area contributed by atoms with Crippen LogP contribution in [0.1, 0.15) is 78.0 Å². The Morgan fingerprint density at radius 3 is 2.07 bits per heavy atom. The van der Waals surface area contributed by atoms with Gasteiger partial charge >= 0.3 is 0 Å². The van der Waals surface area contributed by atoms with Gasteiger partial charge in [-0.25, -0.2) is 4.98 Å². The minimum atomic E-state index is -0.0928. The maximum absolute atomic E-state index is 12.0. The average molecular weight is 491 g/mol. The highest BCUT2D eigenvalue weighted by molar-refractivity contribution is 9.10. The van der Waals surface area contributed by atoms with Crippen LogP contribution in [0.5, 0.6) is 0 Å². The van der Waals surface area contributed by atoms with E-state index in [0.717, 1.165) is 30.1 Å². The number of imidazole rings is 1. The molecule has 0 aliphatic carbocycles. The number of halogens is 1. The molecule has 1 aliphatic heterocycles. The largest absolute Gasteiger partial charge is 0.359 e. The van der Waals surface area contributed by atoms with Gasteiger partial charge in [-0.05, 0) is 43.7 Å². The van der Waals surface area contributed by atoms with Crippen molar-refractivity contribution in [3.8, 4) is 0 Å². The van der Waals surface area contributed by atoms with Crippen molar-refractivity contribution in [2.45, 2.75) is 80.9 Å². The summed E-state index contributed by atoms with van der Waals surface area (Å²) in [4.78, 5) is 28.2. The Morgan fingerprint density at radius 1 is 1.27 bits per heavy atom. The molecular formula is C22H44BrN5O2. The van der Waals surface area contributed by atoms with Crippen molar-refractivity contribution in [2.24, 2.45) is 0 Å². The number of nitrogens with one attached hydrogen (secondary N) is 2. The van der Waals surface area contributed by atoms with Crippen LogP contribution in [0.25, 0.3) is 0 Å². The molecule has 2 rings (SSSR count). The molecule has 7 nitrogen and oxygen atoms in total. The second-order valence-electron chi connectivity index (χ2n) is 6.62. The molecule has 176 valence electrons. The predicted molar refractivity (Wildman–Crippen MR) is 132 cm³/mol. The average Bonchev–Trinajstić information content (AvgIpc) is 3.00. The highest BCUT2D eigenvalue weighted by atomic mass is 79.9. The van der Waals surface area contributed by atoms with Gasteiger partial charge in [0.15, 0.2) is 10.4 Å². The number of likely N-dealkylation sites (N-methyl/N-ethyl adjacent to an activating group) is 1. The first-order valence-electron chi connectivity index (χ1n) is 10.6. The topological polar surface area (TPSA) is 79.3 Å². The fraction of sp³-hybridized carbons (Fsp3) is 0.682. The van der Waals surface area contributed by atoms with Gasteiger partial charge in [-0.3, -0.25) is 14.5 Å². The number of amides is 2. The second-order valence-corrected chi connectivity index (χ2v) is 7.32. The minimum Gasteiger partial charge on any atom is -0.359 e. The van der Waals surface area contributed by atoms with Gasteiger partial charge in [0.05, 0.1) is 5.69 Å². The molecular weight excluding hydrogens is 446 g/mol. The van der Waals surface area contributed by atoms with Gasteiger partial charge in [0.2, 0.25) is 5.91 Å². The van der Waals surface area contributed by atoms with Crippen LogP contribution < -0.4 is 10.6 Å². The van der Waals surface area contributed by atoms with E-state index in [-0.39, 0.29) is 17.9 Å². The molecule has 2 amide bonds. The first kappa shape index (κ1) is 33.0. The fourth-order valence-electron chi connectivity index (χ4n) is 1.96. The molecule has 30 heavy (non-hydrogen) atoms. The third-order valence-electron chi connectivity index (χ3n) is 3.14. The van der Waals surface area contributed by atoms with Crippen molar-refractivity contribution >= 4 is 27.7 Å². The summed E-state index contributed by atoms with van der Waals surface area (Å²) in [7, 11) is 3.65. The van der Waals surface area contributed by atoms with E-state index < -0.39 is 0 Å². The smallest absolute Gasteiger partial charge is 0.272 e. The molecule has 1 aromatic rings. The van der Waals surface area contributed by atoms with E-state index in [4.69, 9.17) is 0 Å². The molecule has 0 saturated heterocycles. The van der Waals surface area contributed by atoms with E-state index in [1.165, 1.54) is 13.3 Å². The lowest BCUT2D eigenvalue weighted by Crippen LogP contribution is -2.34. The molecule has 0 aromatic carbocycles. The number of aromatic nitrogens is 2. The van der Waals surface area contributed by atoms with Crippen LogP contribution in [0.3, 0.4) is 0 Å². The summed E-state index contributed by atoms with van der Waals surface area (Å²) in [5.74, 6) is -0.0882. The third kappa shape index (κ3) is 15.2. The summed E-state index contributed by atoms with van der Waals surface area (Å²) in [5, 5.41) is 5.27. The molecule has 0 fully saturated rings. The fourth-order valence-corrected chi connectivity index (χ4v) is 2.53. The SMILES string of the molecule is C=CC.CC.CC(C)NC(=O)c1nc(Br)n2c1CN(C)CC2.CCC.CNC(C)=O. The number of rotatable bonds is 2. The van der Waals surface area contributed by atoms with Crippen molar-refractivity contribution in [2.75, 3.05) is 20.6 Å². The van der Waals surface area contributed by atoms with Crippen LogP contribution in [0.4, 0.5) is 0 Å². The van der Waals surface area contributed by atoms with Crippen LogP contribution in [0.2, 0.25) is 0 Å². The van der Waals surface area contributed by atoms with Crippen molar-refractivity contribution < 1.29 is 9.59 Å². The normalized spacial score (nSPS) is 11.5. The summed E-state index contributed by atoms with van der Waals surface area (Å²) < 4.78 is 2.81. The van der Waals surface area contributed by atoms with Gasteiger partial charge < -0.3 is 15.2 Å². The van der Waals surface area contributed by atoms with Gasteiger partial charge in [-0.1, -0.05) is 40.2 Å². The maximum atomic E-state index is 12.0. The Bertz CT molecular complexity index is 601. The molecule has 0 atom stereocenters. The van der Waals surface area contributed by atoms with Crippen LogP contribution >= 0.6 is 15.9 Å². The zero-order valence-electron chi connectivity index (χ0n) is 20.7. The van der Waals surface area contributed by atoms with Crippen LogP contribution in [0.15, 0.2) is 17.4 Å². The van der Waals surface area contributed by atoms with E-state index >= 15 is 0 Å². The Hall–Kier alpha value is -1.67. The summed E-state index contributed by atoms with van der Waals surface area (Å²) in [6.07, 6.45) is 3.00. The summed E-state index contributed by atoms with van der Waals surface area (Å²) in [5.41, 5.74) is 1.53. The summed E-state index contributed by atoms with van der Waals surface area (Å²) in [6, 6.07) is 0.125. The highest BCUT2D eigenvalue weighted by Gasteiger charge is 2.25. The summed E-state index contributed by atoms with van der Waals surface area (Å²) in [6.45, 7) is 21.5. The molecule has 8 heteroatoms. The monoisotopic (exact) mass is 489 g/mol. The van der Waals surface area contributed by atoms with Gasteiger partial charge in [0.1, 0.15) is 0 Å². The predicted octanol–water partition coefficient (Wildman–Crippen LogP) is 4.62. The minimum absolute atomic E-state index is 0.00463. The van der Waals surface area contributed by atoms with Crippen molar-refractivity contribution in [3.05, 3.63) is 28.8 Å². The number of hydrogen-bond donors (Lipinski definition) is 2. The number of carbonyl (C=O) groups excluding carboxylic acids is 2. The number of allylic oxidation sites excluding steroid dienone is 1. The Labute approximate surface area is 192 Å². The molecule has 2 heterocycles. The molecule has 1 aromatic heterocycles.